The van der Waals surface area contributed by atoms with Gasteiger partial charge in [-0.25, -0.2) is 0 Å². The number of rotatable bonds is 4. The van der Waals surface area contributed by atoms with E-state index >= 15 is 0 Å². The van der Waals surface area contributed by atoms with Crippen LogP contribution in [0.15, 0.2) is 36.4 Å². The van der Waals surface area contributed by atoms with Crippen molar-refractivity contribution in [1.29, 1.82) is 0 Å². The van der Waals surface area contributed by atoms with Crippen molar-refractivity contribution >= 4 is 11.6 Å². The number of halogens is 1. The zero-order valence-corrected chi connectivity index (χ0v) is 12.8. The second-order valence-corrected chi connectivity index (χ2v) is 5.67. The highest BCUT2D eigenvalue weighted by Gasteiger charge is 2.07. The van der Waals surface area contributed by atoms with Gasteiger partial charge in [0.1, 0.15) is 5.75 Å². The molecular formula is C17H20ClNO. The smallest absolute Gasteiger partial charge is 0.121 e. The first-order valence-corrected chi connectivity index (χ1v) is 7.13. The maximum absolute atomic E-state index is 9.78. The second-order valence-electron chi connectivity index (χ2n) is 5.24. The topological polar surface area (TPSA) is 32.3 Å². The number of phenolic OH excluding ortho intramolecular Hbond substituents is 1. The van der Waals surface area contributed by atoms with Gasteiger partial charge in [0, 0.05) is 17.6 Å². The molecule has 2 aromatic carbocycles. The van der Waals surface area contributed by atoms with Crippen LogP contribution in [0.5, 0.6) is 5.75 Å². The van der Waals surface area contributed by atoms with Gasteiger partial charge in [-0.2, -0.15) is 0 Å². The summed E-state index contributed by atoms with van der Waals surface area (Å²) >= 11 is 6.01. The molecule has 0 aliphatic carbocycles. The van der Waals surface area contributed by atoms with Gasteiger partial charge in [-0.3, -0.25) is 0 Å². The third-order valence-electron chi connectivity index (χ3n) is 3.51. The molecule has 3 heteroatoms. The molecule has 0 fully saturated rings. The molecule has 2 nitrogen and oxygen atoms in total. The Bertz CT molecular complexity index is 587. The van der Waals surface area contributed by atoms with E-state index in [1.54, 1.807) is 0 Å². The van der Waals surface area contributed by atoms with Gasteiger partial charge in [0.15, 0.2) is 0 Å². The van der Waals surface area contributed by atoms with Crippen LogP contribution in [0.25, 0.3) is 0 Å². The molecule has 0 heterocycles. The van der Waals surface area contributed by atoms with E-state index in [-0.39, 0.29) is 6.04 Å². The van der Waals surface area contributed by atoms with Crippen molar-refractivity contribution in [1.82, 2.24) is 5.32 Å². The molecular weight excluding hydrogens is 270 g/mol. The lowest BCUT2D eigenvalue weighted by molar-refractivity contribution is 0.466. The second kappa shape index (κ2) is 6.29. The van der Waals surface area contributed by atoms with Crippen molar-refractivity contribution in [2.45, 2.75) is 33.4 Å². The summed E-state index contributed by atoms with van der Waals surface area (Å²) in [6.45, 7) is 6.72. The Hall–Kier alpha value is -1.51. The molecule has 20 heavy (non-hydrogen) atoms. The molecule has 0 aromatic heterocycles. The third kappa shape index (κ3) is 3.53. The number of phenols is 1. The van der Waals surface area contributed by atoms with E-state index in [0.717, 1.165) is 22.7 Å². The van der Waals surface area contributed by atoms with Crippen LogP contribution in [-0.2, 0) is 6.54 Å². The summed E-state index contributed by atoms with van der Waals surface area (Å²) in [7, 11) is 0. The predicted octanol–water partition coefficient (Wildman–Crippen LogP) is 4.51. The Labute approximate surface area is 125 Å². The third-order valence-corrected chi connectivity index (χ3v) is 3.75. The average Bonchev–Trinajstić information content (AvgIpc) is 2.42. The van der Waals surface area contributed by atoms with Gasteiger partial charge < -0.3 is 10.4 Å². The molecule has 2 N–H and O–H groups in total. The van der Waals surface area contributed by atoms with Crippen LogP contribution in [-0.4, -0.2) is 5.11 Å². The first-order valence-electron chi connectivity index (χ1n) is 6.75. The standard InChI is InChI=1S/C17H20ClNO/c1-11-7-14(8-12(2)17(11)20)10-19-13(3)15-5-4-6-16(18)9-15/h4-9,13,19-20H,10H2,1-3H3/t13-/m0/s1. The zero-order chi connectivity index (χ0) is 14.7. The molecule has 2 rings (SSSR count). The number of aryl methyl sites for hydroxylation is 2. The summed E-state index contributed by atoms with van der Waals surface area (Å²) in [6.07, 6.45) is 0. The number of hydrogen-bond donors (Lipinski definition) is 2. The van der Waals surface area contributed by atoms with Crippen molar-refractivity contribution in [3.8, 4) is 5.75 Å². The number of benzene rings is 2. The number of nitrogens with one attached hydrogen (secondary N) is 1. The highest BCUT2D eigenvalue weighted by molar-refractivity contribution is 6.30. The van der Waals surface area contributed by atoms with Crippen LogP contribution in [0, 0.1) is 13.8 Å². The van der Waals surface area contributed by atoms with Gasteiger partial charge in [0.05, 0.1) is 0 Å². The Morgan fingerprint density at radius 2 is 1.80 bits per heavy atom. The lowest BCUT2D eigenvalue weighted by Crippen LogP contribution is -2.18. The van der Waals surface area contributed by atoms with Gasteiger partial charge in [0.2, 0.25) is 0 Å². The Morgan fingerprint density at radius 1 is 1.15 bits per heavy atom. The average molecular weight is 290 g/mol. The van der Waals surface area contributed by atoms with Crippen LogP contribution >= 0.6 is 11.6 Å². The highest BCUT2D eigenvalue weighted by Crippen LogP contribution is 2.23. The van der Waals surface area contributed by atoms with E-state index in [2.05, 4.69) is 18.3 Å². The monoisotopic (exact) mass is 289 g/mol. The normalized spacial score (nSPS) is 12.4. The predicted molar refractivity (Wildman–Crippen MR) is 84.3 cm³/mol. The van der Waals surface area contributed by atoms with Gasteiger partial charge in [-0.15, -0.1) is 0 Å². The van der Waals surface area contributed by atoms with Crippen LogP contribution in [0.4, 0.5) is 0 Å². The molecule has 0 bridgehead atoms. The van der Waals surface area contributed by atoms with Gasteiger partial charge in [-0.05, 0) is 55.2 Å². The molecule has 0 unspecified atom stereocenters. The minimum atomic E-state index is 0.225. The van der Waals surface area contributed by atoms with Crippen molar-refractivity contribution in [3.05, 3.63) is 63.7 Å². The Kier molecular flexibility index (Phi) is 4.69. The van der Waals surface area contributed by atoms with E-state index in [9.17, 15) is 5.11 Å². The SMILES string of the molecule is Cc1cc(CN[C@@H](C)c2cccc(Cl)c2)cc(C)c1O. The molecule has 0 saturated heterocycles. The minimum absolute atomic E-state index is 0.225. The highest BCUT2D eigenvalue weighted by atomic mass is 35.5. The summed E-state index contributed by atoms with van der Waals surface area (Å²) in [4.78, 5) is 0. The summed E-state index contributed by atoms with van der Waals surface area (Å²) in [5.74, 6) is 0.386. The summed E-state index contributed by atoms with van der Waals surface area (Å²) in [6, 6.07) is 12.1. The largest absolute Gasteiger partial charge is 0.507 e. The van der Waals surface area contributed by atoms with Crippen molar-refractivity contribution in [2.75, 3.05) is 0 Å². The fraction of sp³-hybridized carbons (Fsp3) is 0.294. The van der Waals surface area contributed by atoms with Crippen LogP contribution in [0.1, 0.15) is 35.2 Å². The van der Waals surface area contributed by atoms with Gasteiger partial charge in [-0.1, -0.05) is 35.9 Å². The van der Waals surface area contributed by atoms with Crippen LogP contribution < -0.4 is 5.32 Å². The van der Waals surface area contributed by atoms with Crippen LogP contribution in [0.2, 0.25) is 5.02 Å². The maximum atomic E-state index is 9.78. The Balaban J connectivity index is 2.05. The maximum Gasteiger partial charge on any atom is 0.121 e. The van der Waals surface area contributed by atoms with Crippen molar-refractivity contribution in [3.63, 3.8) is 0 Å². The fourth-order valence-corrected chi connectivity index (χ4v) is 2.51. The number of aromatic hydroxyl groups is 1. The number of hydrogen-bond acceptors (Lipinski definition) is 2. The summed E-state index contributed by atoms with van der Waals surface area (Å²) < 4.78 is 0. The van der Waals surface area contributed by atoms with E-state index in [1.165, 1.54) is 11.1 Å². The van der Waals surface area contributed by atoms with Gasteiger partial charge in [0.25, 0.3) is 0 Å². The molecule has 0 aliphatic heterocycles. The fourth-order valence-electron chi connectivity index (χ4n) is 2.31. The lowest BCUT2D eigenvalue weighted by Gasteiger charge is -2.15. The molecule has 0 aliphatic rings. The van der Waals surface area contributed by atoms with Gasteiger partial charge >= 0.3 is 0 Å². The molecule has 0 saturated carbocycles. The summed E-state index contributed by atoms with van der Waals surface area (Å²) in [5.41, 5.74) is 4.17. The van der Waals surface area contributed by atoms with E-state index in [4.69, 9.17) is 11.6 Å². The first-order chi connectivity index (χ1) is 9.47. The molecule has 0 spiro atoms. The molecule has 106 valence electrons. The zero-order valence-electron chi connectivity index (χ0n) is 12.1. The quantitative estimate of drug-likeness (QED) is 0.868. The lowest BCUT2D eigenvalue weighted by atomic mass is 10.0. The van der Waals surface area contributed by atoms with E-state index in [1.807, 2.05) is 44.2 Å². The first kappa shape index (κ1) is 14.9. The van der Waals surface area contributed by atoms with Crippen LogP contribution in [0.3, 0.4) is 0 Å². The minimum Gasteiger partial charge on any atom is -0.507 e. The van der Waals surface area contributed by atoms with Crippen molar-refractivity contribution in [2.24, 2.45) is 0 Å². The molecule has 0 amide bonds. The molecule has 0 radical (unpaired) electrons. The summed E-state index contributed by atoms with van der Waals surface area (Å²) in [5, 5.41) is 14.0. The van der Waals surface area contributed by atoms with E-state index in [0.29, 0.717) is 5.75 Å². The molecule has 1 atom stereocenters. The molecule has 2 aromatic rings. The Morgan fingerprint density at radius 3 is 2.40 bits per heavy atom. The van der Waals surface area contributed by atoms with E-state index < -0.39 is 0 Å². The van der Waals surface area contributed by atoms with Crippen molar-refractivity contribution < 1.29 is 5.11 Å².